The minimum Gasteiger partial charge on any atom is -0.371 e. The van der Waals surface area contributed by atoms with Crippen LogP contribution in [0, 0.1) is 5.92 Å². The van der Waals surface area contributed by atoms with E-state index in [2.05, 4.69) is 29.2 Å². The van der Waals surface area contributed by atoms with E-state index >= 15 is 0 Å². The maximum atomic E-state index is 12.9. The van der Waals surface area contributed by atoms with Crippen LogP contribution >= 0.6 is 0 Å². The summed E-state index contributed by atoms with van der Waals surface area (Å²) in [5, 5.41) is 0. The summed E-state index contributed by atoms with van der Waals surface area (Å²) >= 11 is 0. The molecule has 0 spiro atoms. The van der Waals surface area contributed by atoms with Crippen molar-refractivity contribution in [1.82, 2.24) is 9.80 Å². The van der Waals surface area contributed by atoms with Crippen LogP contribution in [0.1, 0.15) is 44.1 Å². The van der Waals surface area contributed by atoms with Crippen molar-refractivity contribution in [2.45, 2.75) is 51.1 Å². The second kappa shape index (κ2) is 7.29. The van der Waals surface area contributed by atoms with Gasteiger partial charge in [-0.3, -0.25) is 9.59 Å². The number of hydrogen-bond donors (Lipinski definition) is 0. The van der Waals surface area contributed by atoms with Gasteiger partial charge in [0.05, 0.1) is 5.92 Å². The number of amides is 2. The van der Waals surface area contributed by atoms with Gasteiger partial charge in [-0.05, 0) is 43.7 Å². The predicted molar refractivity (Wildman–Crippen MR) is 102 cm³/mol. The molecule has 0 aromatic heterocycles. The van der Waals surface area contributed by atoms with Crippen LogP contribution in [-0.2, 0) is 16.1 Å². The van der Waals surface area contributed by atoms with E-state index in [-0.39, 0.29) is 17.7 Å². The van der Waals surface area contributed by atoms with Crippen LogP contribution < -0.4 is 4.90 Å². The van der Waals surface area contributed by atoms with Crippen molar-refractivity contribution in [3.63, 3.8) is 0 Å². The Bertz CT molecular complexity index is 680. The molecule has 1 atom stereocenters. The number of rotatable bonds is 5. The number of carbonyl (C=O) groups is 2. The van der Waals surface area contributed by atoms with E-state index in [0.29, 0.717) is 25.6 Å². The normalized spacial score (nSPS) is 23.4. The molecule has 0 bridgehead atoms. The molecule has 5 nitrogen and oxygen atoms in total. The minimum atomic E-state index is -0.171. The third kappa shape index (κ3) is 3.57. The van der Waals surface area contributed by atoms with Gasteiger partial charge in [0.1, 0.15) is 0 Å². The van der Waals surface area contributed by atoms with Gasteiger partial charge >= 0.3 is 0 Å². The van der Waals surface area contributed by atoms with Crippen LogP contribution in [0.5, 0.6) is 0 Å². The standard InChI is InChI=1S/C21H29N3O2/c1-22(21(26)17-13-20(25)24(15-17)18-9-10-18)14-16-7-3-4-8-19(16)23-11-5-2-6-12-23/h3-4,7-8,17-18H,2,5-6,9-15H2,1H3. The predicted octanol–water partition coefficient (Wildman–Crippen LogP) is 2.65. The van der Waals surface area contributed by atoms with Gasteiger partial charge in [0, 0.05) is 51.4 Å². The molecule has 1 unspecified atom stereocenters. The summed E-state index contributed by atoms with van der Waals surface area (Å²) in [5.74, 6) is 0.0955. The minimum absolute atomic E-state index is 0.106. The molecule has 1 aromatic carbocycles. The van der Waals surface area contributed by atoms with Gasteiger partial charge in [-0.1, -0.05) is 18.2 Å². The van der Waals surface area contributed by atoms with E-state index in [1.807, 2.05) is 16.8 Å². The van der Waals surface area contributed by atoms with Crippen molar-refractivity contribution < 1.29 is 9.59 Å². The van der Waals surface area contributed by atoms with Crippen LogP contribution in [0.25, 0.3) is 0 Å². The van der Waals surface area contributed by atoms with Crippen LogP contribution in [-0.4, -0.2) is 54.3 Å². The zero-order valence-electron chi connectivity index (χ0n) is 15.7. The van der Waals surface area contributed by atoms with Crippen molar-refractivity contribution in [1.29, 1.82) is 0 Å². The van der Waals surface area contributed by atoms with Crippen LogP contribution in [0.2, 0.25) is 0 Å². The van der Waals surface area contributed by atoms with Crippen molar-refractivity contribution in [2.24, 2.45) is 5.92 Å². The van der Waals surface area contributed by atoms with E-state index in [1.165, 1.54) is 30.5 Å². The molecule has 3 fully saturated rings. The molecule has 2 amide bonds. The Morgan fingerprint density at radius 3 is 2.62 bits per heavy atom. The Morgan fingerprint density at radius 1 is 1.15 bits per heavy atom. The summed E-state index contributed by atoms with van der Waals surface area (Å²) in [6.07, 6.45) is 6.38. The van der Waals surface area contributed by atoms with Crippen LogP contribution in [0.4, 0.5) is 5.69 Å². The van der Waals surface area contributed by atoms with Crippen LogP contribution in [0.3, 0.4) is 0 Å². The lowest BCUT2D eigenvalue weighted by atomic mass is 10.0. The second-order valence-corrected chi connectivity index (χ2v) is 8.05. The first-order chi connectivity index (χ1) is 12.6. The smallest absolute Gasteiger partial charge is 0.228 e. The largest absolute Gasteiger partial charge is 0.371 e. The number of likely N-dealkylation sites (tertiary alicyclic amines) is 1. The summed E-state index contributed by atoms with van der Waals surface area (Å²) in [6, 6.07) is 8.84. The summed E-state index contributed by atoms with van der Waals surface area (Å²) in [5.41, 5.74) is 2.46. The fourth-order valence-electron chi connectivity index (χ4n) is 4.37. The Hall–Kier alpha value is -2.04. The van der Waals surface area contributed by atoms with E-state index < -0.39 is 0 Å². The topological polar surface area (TPSA) is 43.9 Å². The average Bonchev–Trinajstić information content (AvgIpc) is 3.44. The molecule has 26 heavy (non-hydrogen) atoms. The highest BCUT2D eigenvalue weighted by molar-refractivity contribution is 5.89. The fourth-order valence-corrected chi connectivity index (χ4v) is 4.37. The lowest BCUT2D eigenvalue weighted by Crippen LogP contribution is -2.36. The highest BCUT2D eigenvalue weighted by Crippen LogP contribution is 2.33. The summed E-state index contributed by atoms with van der Waals surface area (Å²) < 4.78 is 0. The molecular formula is C21H29N3O2. The van der Waals surface area contributed by atoms with Crippen molar-refractivity contribution in [3.05, 3.63) is 29.8 Å². The Balaban J connectivity index is 1.42. The number of benzene rings is 1. The van der Waals surface area contributed by atoms with E-state index in [4.69, 9.17) is 0 Å². The third-order valence-electron chi connectivity index (χ3n) is 5.97. The average molecular weight is 355 g/mol. The maximum absolute atomic E-state index is 12.9. The van der Waals surface area contributed by atoms with Gasteiger partial charge in [0.2, 0.25) is 11.8 Å². The van der Waals surface area contributed by atoms with E-state index in [0.717, 1.165) is 25.9 Å². The highest BCUT2D eigenvalue weighted by Gasteiger charge is 2.42. The molecule has 2 aliphatic heterocycles. The van der Waals surface area contributed by atoms with Crippen LogP contribution in [0.15, 0.2) is 24.3 Å². The zero-order valence-corrected chi connectivity index (χ0v) is 15.7. The van der Waals surface area contributed by atoms with Crippen molar-refractivity contribution in [3.8, 4) is 0 Å². The Labute approximate surface area is 155 Å². The number of para-hydroxylation sites is 1. The molecule has 2 heterocycles. The van der Waals surface area contributed by atoms with Gasteiger partial charge in [-0.25, -0.2) is 0 Å². The molecule has 140 valence electrons. The first-order valence-corrected chi connectivity index (χ1v) is 10.0. The molecule has 1 aromatic rings. The molecule has 4 rings (SSSR count). The van der Waals surface area contributed by atoms with Crippen molar-refractivity contribution in [2.75, 3.05) is 31.6 Å². The summed E-state index contributed by atoms with van der Waals surface area (Å²) in [6.45, 7) is 3.42. The zero-order chi connectivity index (χ0) is 18.1. The molecule has 1 aliphatic carbocycles. The maximum Gasteiger partial charge on any atom is 0.228 e. The quantitative estimate of drug-likeness (QED) is 0.816. The Kier molecular flexibility index (Phi) is 4.88. The molecule has 3 aliphatic rings. The molecule has 5 heteroatoms. The second-order valence-electron chi connectivity index (χ2n) is 8.05. The van der Waals surface area contributed by atoms with Gasteiger partial charge in [-0.2, -0.15) is 0 Å². The molecular weight excluding hydrogens is 326 g/mol. The monoisotopic (exact) mass is 355 g/mol. The number of nitrogens with zero attached hydrogens (tertiary/aromatic N) is 3. The highest BCUT2D eigenvalue weighted by atomic mass is 16.2. The van der Waals surface area contributed by atoms with Crippen molar-refractivity contribution >= 4 is 17.5 Å². The first kappa shape index (κ1) is 17.4. The lowest BCUT2D eigenvalue weighted by Gasteiger charge is -2.31. The lowest BCUT2D eigenvalue weighted by molar-refractivity contribution is -0.135. The first-order valence-electron chi connectivity index (χ1n) is 10.0. The Morgan fingerprint density at radius 2 is 1.88 bits per heavy atom. The SMILES string of the molecule is CN(Cc1ccccc1N1CCCCC1)C(=O)C1CC(=O)N(C2CC2)C1. The van der Waals surface area contributed by atoms with Gasteiger partial charge in [-0.15, -0.1) is 0 Å². The number of piperidine rings is 1. The van der Waals surface area contributed by atoms with E-state index in [1.54, 1.807) is 0 Å². The fraction of sp³-hybridized carbons (Fsp3) is 0.619. The molecule has 0 radical (unpaired) electrons. The number of hydrogen-bond acceptors (Lipinski definition) is 3. The van der Waals surface area contributed by atoms with Gasteiger partial charge in [0.15, 0.2) is 0 Å². The number of anilines is 1. The summed E-state index contributed by atoms with van der Waals surface area (Å²) in [4.78, 5) is 31.3. The summed E-state index contributed by atoms with van der Waals surface area (Å²) in [7, 11) is 1.87. The van der Waals surface area contributed by atoms with E-state index in [9.17, 15) is 9.59 Å². The molecule has 2 saturated heterocycles. The van der Waals surface area contributed by atoms with Gasteiger partial charge < -0.3 is 14.7 Å². The molecule has 0 N–H and O–H groups in total. The number of carbonyl (C=O) groups excluding carboxylic acids is 2. The molecule has 1 saturated carbocycles. The third-order valence-corrected chi connectivity index (χ3v) is 5.97. The van der Waals surface area contributed by atoms with Gasteiger partial charge in [0.25, 0.3) is 0 Å².